The monoisotopic (exact) mass is 269 g/mol. The quantitative estimate of drug-likeness (QED) is 0.508. The molecule has 0 unspecified atom stereocenters. The summed E-state index contributed by atoms with van der Waals surface area (Å²) >= 11 is 0. The summed E-state index contributed by atoms with van der Waals surface area (Å²) in [5.74, 6) is 0.640. The largest absolute Gasteiger partial charge is 0.507 e. The van der Waals surface area contributed by atoms with Gasteiger partial charge in [0.2, 0.25) is 0 Å². The normalized spacial score (nSPS) is 10.7. The number of phenolic OH excluding ortho intramolecular Hbond substituents is 1. The van der Waals surface area contributed by atoms with Gasteiger partial charge in [0, 0.05) is 17.3 Å². The number of rotatable bonds is 4. The van der Waals surface area contributed by atoms with Gasteiger partial charge in [0.25, 0.3) is 0 Å². The van der Waals surface area contributed by atoms with E-state index < -0.39 is 0 Å². The Balaban J connectivity index is 2.29. The molecule has 2 aromatic rings. The number of methoxy groups -OCH3 is 1. The number of hydrogen-bond donors (Lipinski definition) is 2. The highest BCUT2D eigenvalue weighted by Crippen LogP contribution is 2.24. The number of nitrogens with two attached hydrogens (primary N) is 1. The maximum atomic E-state index is 10.6. The summed E-state index contributed by atoms with van der Waals surface area (Å²) in [4.78, 5) is 10.6. The van der Waals surface area contributed by atoms with Crippen molar-refractivity contribution < 1.29 is 14.6 Å². The lowest BCUT2D eigenvalue weighted by Gasteiger charge is -2.05. The van der Waals surface area contributed by atoms with Crippen LogP contribution in [0.3, 0.4) is 0 Å². The molecule has 102 valence electrons. The molecule has 0 heterocycles. The van der Waals surface area contributed by atoms with Crippen molar-refractivity contribution in [2.45, 2.75) is 0 Å². The highest BCUT2D eigenvalue weighted by atomic mass is 16.5. The first-order chi connectivity index (χ1) is 9.63. The fourth-order valence-electron chi connectivity index (χ4n) is 1.82. The number of aldehydes is 1. The van der Waals surface area contributed by atoms with Crippen LogP contribution in [0.4, 0.5) is 5.69 Å². The van der Waals surface area contributed by atoms with Crippen LogP contribution in [-0.2, 0) is 0 Å². The molecule has 0 atom stereocenters. The fourth-order valence-corrected chi connectivity index (χ4v) is 1.82. The van der Waals surface area contributed by atoms with Gasteiger partial charge in [-0.05, 0) is 29.8 Å². The Morgan fingerprint density at radius 2 is 1.85 bits per heavy atom. The maximum Gasteiger partial charge on any atom is 0.153 e. The fraction of sp³-hybridized carbons (Fsp3) is 0.0625. The number of benzene rings is 2. The van der Waals surface area contributed by atoms with Crippen molar-refractivity contribution in [3.8, 4) is 11.5 Å². The van der Waals surface area contributed by atoms with Gasteiger partial charge in [-0.15, -0.1) is 0 Å². The van der Waals surface area contributed by atoms with Gasteiger partial charge in [0.05, 0.1) is 12.7 Å². The molecular formula is C16H15NO3. The van der Waals surface area contributed by atoms with Crippen LogP contribution in [0, 0.1) is 0 Å². The van der Waals surface area contributed by atoms with E-state index in [1.165, 1.54) is 6.07 Å². The smallest absolute Gasteiger partial charge is 0.153 e. The molecule has 3 N–H and O–H groups in total. The van der Waals surface area contributed by atoms with Crippen LogP contribution in [0.15, 0.2) is 36.4 Å². The van der Waals surface area contributed by atoms with Crippen LogP contribution in [0.2, 0.25) is 0 Å². The summed E-state index contributed by atoms with van der Waals surface area (Å²) in [6, 6.07) is 10.2. The molecule has 4 heteroatoms. The minimum atomic E-state index is -0.0357. The van der Waals surface area contributed by atoms with Gasteiger partial charge in [0.1, 0.15) is 11.5 Å². The Morgan fingerprint density at radius 3 is 2.50 bits per heavy atom. The zero-order valence-corrected chi connectivity index (χ0v) is 11.0. The molecule has 20 heavy (non-hydrogen) atoms. The van der Waals surface area contributed by atoms with Gasteiger partial charge in [-0.3, -0.25) is 4.79 Å². The van der Waals surface area contributed by atoms with Gasteiger partial charge in [-0.25, -0.2) is 0 Å². The van der Waals surface area contributed by atoms with Gasteiger partial charge in [-0.1, -0.05) is 18.2 Å². The van der Waals surface area contributed by atoms with Crippen molar-refractivity contribution in [2.75, 3.05) is 12.8 Å². The van der Waals surface area contributed by atoms with Crippen molar-refractivity contribution >= 4 is 24.1 Å². The van der Waals surface area contributed by atoms with Crippen molar-refractivity contribution in [3.63, 3.8) is 0 Å². The first-order valence-corrected chi connectivity index (χ1v) is 6.04. The van der Waals surface area contributed by atoms with Crippen LogP contribution in [-0.4, -0.2) is 18.5 Å². The summed E-state index contributed by atoms with van der Waals surface area (Å²) in [7, 11) is 1.58. The van der Waals surface area contributed by atoms with E-state index in [1.807, 2.05) is 18.2 Å². The van der Waals surface area contributed by atoms with Crippen molar-refractivity contribution in [1.29, 1.82) is 0 Å². The van der Waals surface area contributed by atoms with Crippen molar-refractivity contribution in [3.05, 3.63) is 53.1 Å². The van der Waals surface area contributed by atoms with Crippen LogP contribution in [0.5, 0.6) is 11.5 Å². The highest BCUT2D eigenvalue weighted by molar-refractivity contribution is 5.81. The molecule has 0 radical (unpaired) electrons. The van der Waals surface area contributed by atoms with E-state index in [9.17, 15) is 9.90 Å². The lowest BCUT2D eigenvalue weighted by molar-refractivity contribution is 0.112. The summed E-state index contributed by atoms with van der Waals surface area (Å²) in [5.41, 5.74) is 8.25. The number of carbonyl (C=O) groups is 1. The van der Waals surface area contributed by atoms with Crippen molar-refractivity contribution in [1.82, 2.24) is 0 Å². The second-order valence-corrected chi connectivity index (χ2v) is 4.27. The Hall–Kier alpha value is -2.75. The maximum absolute atomic E-state index is 10.6. The molecule has 0 aromatic heterocycles. The summed E-state index contributed by atoms with van der Waals surface area (Å²) in [5, 5.41) is 9.62. The Kier molecular flexibility index (Phi) is 4.05. The lowest BCUT2D eigenvalue weighted by atomic mass is 10.1. The molecule has 0 amide bonds. The number of nitrogen functional groups attached to an aromatic ring is 1. The van der Waals surface area contributed by atoms with E-state index in [0.29, 0.717) is 17.7 Å². The van der Waals surface area contributed by atoms with Crippen LogP contribution in [0.1, 0.15) is 21.5 Å². The molecule has 0 spiro atoms. The molecule has 0 fully saturated rings. The number of aromatic hydroxyl groups is 1. The molecule has 0 aliphatic carbocycles. The van der Waals surface area contributed by atoms with Gasteiger partial charge in [-0.2, -0.15) is 0 Å². The third kappa shape index (κ3) is 2.98. The van der Waals surface area contributed by atoms with E-state index >= 15 is 0 Å². The highest BCUT2D eigenvalue weighted by Gasteiger charge is 2.01. The zero-order chi connectivity index (χ0) is 14.5. The second kappa shape index (κ2) is 5.93. The predicted octanol–water partition coefficient (Wildman–Crippen LogP) is 2.97. The van der Waals surface area contributed by atoms with Gasteiger partial charge < -0.3 is 15.6 Å². The van der Waals surface area contributed by atoms with E-state index in [0.717, 1.165) is 11.1 Å². The van der Waals surface area contributed by atoms with Gasteiger partial charge >= 0.3 is 0 Å². The summed E-state index contributed by atoms with van der Waals surface area (Å²) in [6.45, 7) is 0. The first kappa shape index (κ1) is 13.7. The van der Waals surface area contributed by atoms with E-state index in [4.69, 9.17) is 10.5 Å². The van der Waals surface area contributed by atoms with E-state index in [-0.39, 0.29) is 11.3 Å². The van der Waals surface area contributed by atoms with E-state index in [1.54, 1.807) is 31.4 Å². The lowest BCUT2D eigenvalue weighted by Crippen LogP contribution is -1.90. The summed E-state index contributed by atoms with van der Waals surface area (Å²) < 4.78 is 5.25. The number of anilines is 1. The topological polar surface area (TPSA) is 72.5 Å². The second-order valence-electron chi connectivity index (χ2n) is 4.27. The molecule has 0 saturated carbocycles. The standard InChI is InChI=1S/C16H15NO3/c1-20-16-9-14(17)7-6-12(16)4-2-11-3-5-13(10-18)15(19)8-11/h2-10,19H,17H2,1H3/b4-2+. The Morgan fingerprint density at radius 1 is 1.10 bits per heavy atom. The number of ether oxygens (including phenoxy) is 1. The molecule has 2 aromatic carbocycles. The molecule has 2 rings (SSSR count). The number of phenols is 1. The zero-order valence-electron chi connectivity index (χ0n) is 11.0. The molecule has 0 aliphatic rings. The van der Waals surface area contributed by atoms with Crippen molar-refractivity contribution in [2.24, 2.45) is 0 Å². The molecular weight excluding hydrogens is 254 g/mol. The van der Waals surface area contributed by atoms with Crippen LogP contribution in [0.25, 0.3) is 12.2 Å². The molecule has 0 bridgehead atoms. The minimum Gasteiger partial charge on any atom is -0.507 e. The van der Waals surface area contributed by atoms with E-state index in [2.05, 4.69) is 0 Å². The molecule has 0 aliphatic heterocycles. The van der Waals surface area contributed by atoms with Crippen LogP contribution >= 0.6 is 0 Å². The first-order valence-electron chi connectivity index (χ1n) is 6.04. The predicted molar refractivity (Wildman–Crippen MR) is 79.8 cm³/mol. The SMILES string of the molecule is COc1cc(N)ccc1/C=C/c1ccc(C=O)c(O)c1. The average Bonchev–Trinajstić information content (AvgIpc) is 2.46. The third-order valence-electron chi connectivity index (χ3n) is 2.89. The minimum absolute atomic E-state index is 0.0357. The average molecular weight is 269 g/mol. The Bertz CT molecular complexity index is 663. The Labute approximate surface area is 117 Å². The summed E-state index contributed by atoms with van der Waals surface area (Å²) in [6.07, 6.45) is 4.29. The third-order valence-corrected chi connectivity index (χ3v) is 2.89. The van der Waals surface area contributed by atoms with Gasteiger partial charge in [0.15, 0.2) is 6.29 Å². The number of carbonyl (C=O) groups excluding carboxylic acids is 1. The molecule has 0 saturated heterocycles. The van der Waals surface area contributed by atoms with Crippen LogP contribution < -0.4 is 10.5 Å². The number of hydrogen-bond acceptors (Lipinski definition) is 4. The molecule has 4 nitrogen and oxygen atoms in total.